The molecule has 0 aliphatic carbocycles. The van der Waals surface area contributed by atoms with Crippen LogP contribution in [-0.4, -0.2) is 79.5 Å². The normalized spacial score (nSPS) is 22.1. The summed E-state index contributed by atoms with van der Waals surface area (Å²) < 4.78 is 0. The van der Waals surface area contributed by atoms with Crippen LogP contribution in [0.4, 0.5) is 0 Å². The van der Waals surface area contributed by atoms with E-state index in [1.165, 1.54) is 57.5 Å². The largest absolute Gasteiger partial charge is 0.179 e. The third-order valence-electron chi connectivity index (χ3n) is 2.86. The Kier molecular flexibility index (Phi) is 17.9. The summed E-state index contributed by atoms with van der Waals surface area (Å²) in [7, 11) is 0. The van der Waals surface area contributed by atoms with E-state index in [-0.39, 0.29) is 0 Å². The first-order valence-electron chi connectivity index (χ1n) is 7.62. The Hall–Kier alpha value is 2.80. The maximum Gasteiger partial charge on any atom is 0.0229 e. The molecule has 0 N–H and O–H groups in total. The third kappa shape index (κ3) is 13.1. The Morgan fingerprint density at radius 2 is 1.05 bits per heavy atom. The van der Waals surface area contributed by atoms with E-state index in [0.29, 0.717) is 0 Å². The molecule has 1 aliphatic heterocycles. The van der Waals surface area contributed by atoms with E-state index < -0.39 is 0 Å². The fourth-order valence-electron chi connectivity index (χ4n) is 1.77. The topological polar surface area (TPSA) is 0 Å². The van der Waals surface area contributed by atoms with Crippen LogP contribution in [0.5, 0.6) is 0 Å². The van der Waals surface area contributed by atoms with E-state index in [1.54, 1.807) is 0 Å². The molecule has 0 spiro atoms. The van der Waals surface area contributed by atoms with Crippen LogP contribution in [0.2, 0.25) is 0 Å². The fraction of sp³-hybridized carbons (Fsp3) is 1.00. The van der Waals surface area contributed by atoms with Crippen LogP contribution in [0.3, 0.4) is 0 Å². The quantitative estimate of drug-likeness (QED) is 0.279. The predicted molar refractivity (Wildman–Crippen MR) is 129 cm³/mol. The zero-order chi connectivity index (χ0) is 15.9. The molecule has 0 aromatic carbocycles. The summed E-state index contributed by atoms with van der Waals surface area (Å²) in [6.45, 7) is 0. The molecule has 1 heterocycles. The Morgan fingerprint density at radius 1 is 0.636 bits per heavy atom. The van der Waals surface area contributed by atoms with Gasteiger partial charge in [0.2, 0.25) is 0 Å². The van der Waals surface area contributed by atoms with Gasteiger partial charge in [-0.15, -0.1) is 0 Å². The third-order valence-corrected chi connectivity index (χ3v) is 12.3. The molecule has 1 rings (SSSR count). The van der Waals surface area contributed by atoms with E-state index in [0.717, 1.165) is 22.0 Å². The van der Waals surface area contributed by atoms with Gasteiger partial charge in [0, 0.05) is 68.0 Å². The maximum absolute atomic E-state index is 4.24. The number of thiol groups is 2. The van der Waals surface area contributed by atoms with Crippen molar-refractivity contribution in [2.45, 2.75) is 10.5 Å². The van der Waals surface area contributed by atoms with Gasteiger partial charge in [-0.2, -0.15) is 95.8 Å². The zero-order valence-corrected chi connectivity index (χ0v) is 19.7. The van der Waals surface area contributed by atoms with Gasteiger partial charge in [-0.1, -0.05) is 0 Å². The molecular weight excluding hydrogens is 425 g/mol. The Labute approximate surface area is 174 Å². The van der Waals surface area contributed by atoms with Crippen LogP contribution in [-0.2, 0) is 0 Å². The highest BCUT2D eigenvalue weighted by Gasteiger charge is 2.21. The molecule has 0 nitrogen and oxygen atoms in total. The van der Waals surface area contributed by atoms with Gasteiger partial charge in [0.15, 0.2) is 0 Å². The van der Waals surface area contributed by atoms with Gasteiger partial charge in [-0.3, -0.25) is 0 Å². The van der Waals surface area contributed by atoms with Crippen LogP contribution >= 0.6 is 95.8 Å². The number of thioether (sulfide) groups is 6. The zero-order valence-electron chi connectivity index (χ0n) is 13.0. The van der Waals surface area contributed by atoms with Crippen molar-refractivity contribution >= 4 is 95.8 Å². The Balaban J connectivity index is 1.88. The monoisotopic (exact) mass is 452 g/mol. The van der Waals surface area contributed by atoms with Crippen molar-refractivity contribution in [1.82, 2.24) is 0 Å². The lowest BCUT2D eigenvalue weighted by molar-refractivity contribution is 1.06. The summed E-state index contributed by atoms with van der Waals surface area (Å²) in [6.07, 6.45) is 0. The number of rotatable bonds is 14. The minimum absolute atomic E-state index is 0.886. The van der Waals surface area contributed by atoms with Crippen molar-refractivity contribution in [2.24, 2.45) is 0 Å². The van der Waals surface area contributed by atoms with Crippen LogP contribution in [0, 0.1) is 0 Å². The molecule has 1 fully saturated rings. The van der Waals surface area contributed by atoms with Gasteiger partial charge in [-0.05, 0) is 11.5 Å². The molecule has 132 valence electrons. The van der Waals surface area contributed by atoms with E-state index in [4.69, 9.17) is 0 Å². The summed E-state index contributed by atoms with van der Waals surface area (Å²) >= 11 is 21.3. The van der Waals surface area contributed by atoms with E-state index >= 15 is 0 Å². The van der Waals surface area contributed by atoms with Crippen LogP contribution in [0.1, 0.15) is 0 Å². The van der Waals surface area contributed by atoms with Gasteiger partial charge in [-0.25, -0.2) is 0 Å². The lowest BCUT2D eigenvalue weighted by Gasteiger charge is -2.27. The van der Waals surface area contributed by atoms with Gasteiger partial charge in [0.1, 0.15) is 0 Å². The van der Waals surface area contributed by atoms with Crippen molar-refractivity contribution in [3.05, 3.63) is 0 Å². The summed E-state index contributed by atoms with van der Waals surface area (Å²) in [4.78, 5) is 0. The van der Waals surface area contributed by atoms with E-state index in [1.807, 2.05) is 23.5 Å². The minimum Gasteiger partial charge on any atom is -0.179 e. The highest BCUT2D eigenvalue weighted by atomic mass is 32.2. The molecule has 8 heteroatoms. The molecule has 2 unspecified atom stereocenters. The van der Waals surface area contributed by atoms with Crippen molar-refractivity contribution in [3.63, 3.8) is 0 Å². The lowest BCUT2D eigenvalue weighted by atomic mass is 10.5. The summed E-state index contributed by atoms with van der Waals surface area (Å²) in [6, 6.07) is 0. The van der Waals surface area contributed by atoms with Gasteiger partial charge in [0.05, 0.1) is 0 Å². The highest BCUT2D eigenvalue weighted by molar-refractivity contribution is 8.09. The standard InChI is InChI=1S/C14H28S8/c15-1-3-17-5-7-19-9-13-11-22-14(12-21-13)10-20-8-6-18-4-2-16/h13-16H,1-12H2. The second kappa shape index (κ2) is 17.2. The lowest BCUT2D eigenvalue weighted by Crippen LogP contribution is -2.25. The van der Waals surface area contributed by atoms with Gasteiger partial charge < -0.3 is 0 Å². The minimum atomic E-state index is 0.886. The second-order valence-corrected chi connectivity index (χ2v) is 13.0. The summed E-state index contributed by atoms with van der Waals surface area (Å²) in [5.41, 5.74) is 0. The van der Waals surface area contributed by atoms with Crippen LogP contribution < -0.4 is 0 Å². The Bertz CT molecular complexity index is 209. The molecule has 0 radical (unpaired) electrons. The molecular formula is C14H28S8. The first-order chi connectivity index (χ1) is 10.9. The fourth-order valence-corrected chi connectivity index (χ4v) is 10.3. The van der Waals surface area contributed by atoms with Gasteiger partial charge in [0.25, 0.3) is 0 Å². The first kappa shape index (κ1) is 22.8. The van der Waals surface area contributed by atoms with Gasteiger partial charge >= 0.3 is 0 Å². The average molecular weight is 453 g/mol. The summed E-state index contributed by atoms with van der Waals surface area (Å²) in [5, 5.41) is 1.77. The number of hydrogen-bond donors (Lipinski definition) is 2. The molecule has 0 aromatic rings. The van der Waals surface area contributed by atoms with Crippen LogP contribution in [0.15, 0.2) is 0 Å². The predicted octanol–water partition coefficient (Wildman–Crippen LogP) is 5.00. The molecule has 22 heavy (non-hydrogen) atoms. The average Bonchev–Trinajstić information content (AvgIpc) is 2.55. The SMILES string of the molecule is SCCSCCSCC1CSC(CSCCSCCS)CS1. The van der Waals surface area contributed by atoms with Crippen LogP contribution in [0.25, 0.3) is 0 Å². The van der Waals surface area contributed by atoms with Crippen molar-refractivity contribution < 1.29 is 0 Å². The van der Waals surface area contributed by atoms with E-state index in [2.05, 4.69) is 72.3 Å². The van der Waals surface area contributed by atoms with Crippen molar-refractivity contribution in [3.8, 4) is 0 Å². The van der Waals surface area contributed by atoms with Crippen molar-refractivity contribution in [2.75, 3.05) is 69.0 Å². The number of hydrogen-bond acceptors (Lipinski definition) is 8. The second-order valence-electron chi connectivity index (χ2n) is 4.73. The smallest absolute Gasteiger partial charge is 0.0229 e. The molecule has 0 saturated carbocycles. The van der Waals surface area contributed by atoms with E-state index in [9.17, 15) is 0 Å². The molecule has 0 bridgehead atoms. The molecule has 0 amide bonds. The van der Waals surface area contributed by atoms with Crippen molar-refractivity contribution in [1.29, 1.82) is 0 Å². The highest BCUT2D eigenvalue weighted by Crippen LogP contribution is 2.33. The first-order valence-corrected chi connectivity index (χ1v) is 15.6. The molecule has 2 atom stereocenters. The maximum atomic E-state index is 4.24. The molecule has 1 saturated heterocycles. The Morgan fingerprint density at radius 3 is 1.41 bits per heavy atom. The molecule has 0 aromatic heterocycles. The molecule has 1 aliphatic rings. The summed E-state index contributed by atoms with van der Waals surface area (Å²) in [5.74, 6) is 15.0.